The summed E-state index contributed by atoms with van der Waals surface area (Å²) in [4.78, 5) is 43.0. The van der Waals surface area contributed by atoms with Crippen molar-refractivity contribution in [1.82, 2.24) is 35.9 Å². The van der Waals surface area contributed by atoms with Crippen molar-refractivity contribution < 1.29 is 116 Å². The molecule has 0 aliphatic carbocycles. The molecule has 30 nitrogen and oxygen atoms in total. The molecule has 6 rings (SSSR count). The van der Waals surface area contributed by atoms with Gasteiger partial charge in [-0.2, -0.15) is 0 Å². The largest absolute Gasteiger partial charge is 0.505 e. The molecule has 2 aromatic heterocycles. The van der Waals surface area contributed by atoms with Crippen molar-refractivity contribution in [3.63, 3.8) is 0 Å². The summed E-state index contributed by atoms with van der Waals surface area (Å²) in [6.45, 7) is 4.68. The van der Waals surface area contributed by atoms with Crippen LogP contribution in [-0.4, -0.2) is 289 Å². The molecule has 2 saturated heterocycles. The molecule has 2 aliphatic heterocycles. The van der Waals surface area contributed by atoms with Gasteiger partial charge in [-0.3, -0.25) is 14.4 Å². The zero-order valence-electron chi connectivity index (χ0n) is 51.4. The Morgan fingerprint density at radius 1 is 0.692 bits per heavy atom. The van der Waals surface area contributed by atoms with Gasteiger partial charge in [0.1, 0.15) is 35.4 Å². The summed E-state index contributed by atoms with van der Waals surface area (Å²) in [7, 11) is 1.47. The number of aliphatic hydroxyl groups excluding tert-OH is 5. The Kier molecular flexibility index (Phi) is 34.6. The maximum Gasteiger partial charge on any atom is 0.222 e. The third-order valence-electron chi connectivity index (χ3n) is 14.1. The van der Waals surface area contributed by atoms with Crippen LogP contribution in [0.5, 0.6) is 11.5 Å². The topological polar surface area (TPSA) is 381 Å². The molecule has 2 fully saturated rings. The second-order valence-electron chi connectivity index (χ2n) is 21.1. The summed E-state index contributed by atoms with van der Waals surface area (Å²) in [5.41, 5.74) is 0.683. The van der Waals surface area contributed by atoms with E-state index in [9.17, 15) is 49.4 Å². The molecule has 2 aromatic carbocycles. The van der Waals surface area contributed by atoms with Crippen LogP contribution in [0.2, 0.25) is 0 Å². The number of pyridine rings is 1. The van der Waals surface area contributed by atoms with Crippen LogP contribution in [0.3, 0.4) is 0 Å². The molecule has 91 heavy (non-hydrogen) atoms. The van der Waals surface area contributed by atoms with Gasteiger partial charge in [0.15, 0.2) is 17.9 Å². The number of fused-ring (bicyclic) bond motifs is 1. The lowest BCUT2D eigenvalue weighted by atomic mass is 9.90. The van der Waals surface area contributed by atoms with Crippen molar-refractivity contribution in [2.45, 2.75) is 87.0 Å². The summed E-state index contributed by atoms with van der Waals surface area (Å²) in [6.07, 6.45) is -2.92. The highest BCUT2D eigenvalue weighted by molar-refractivity contribution is 5.82. The van der Waals surface area contributed by atoms with E-state index < -0.39 is 66.6 Å². The average molecular weight is 1300 g/mol. The maximum atomic E-state index is 13.9. The van der Waals surface area contributed by atoms with E-state index in [2.05, 4.69) is 26.3 Å². The SMILES string of the molecule is CO[C@@H]1C[C@@H](O)[C@@H](O)[C@@H](COCCOCCOCCOCCNC(=O)CCOCC(COCCC(=O)NCCOCCOCCOCCOC[C@@]2(CO)OCC[C@@H](O)[C@H]2O)NC(=O)CCCOc2ccc3nc(-c4cn(-c5ccc(O)c(F)c5)nn4)ccc3c2)O1. The normalized spacial score (nSPS) is 20.4. The number of amides is 3. The number of rotatable bonds is 48. The van der Waals surface area contributed by atoms with Crippen molar-refractivity contribution in [1.29, 1.82) is 0 Å². The fraction of sp³-hybridized carbons (Fsp3) is 0.667. The van der Waals surface area contributed by atoms with Crippen LogP contribution >= 0.6 is 0 Å². The molecule has 0 spiro atoms. The van der Waals surface area contributed by atoms with Crippen LogP contribution in [0.25, 0.3) is 28.0 Å². The quantitative estimate of drug-likeness (QED) is 0.0252. The number of nitrogens with zero attached hydrogens (tertiary/aromatic N) is 4. The molecule has 8 atom stereocenters. The standard InChI is InChI=1S/C60H90FN7O23/c1-78-57-35-52(72)58(76)53(91-57)39-87-31-29-83-27-25-81-23-21-79-19-13-62-54(73)11-16-85-37-43(38-86-17-12-55(74)63-14-20-80-22-24-82-26-28-84-30-32-88-41-60(40-69)59(77)51(71)10-18-90-60)64-56(75)3-2-15-89-45-6-8-47-42(33-45)4-7-48(65-47)49-36-68(67-66-49)44-5-9-50(70)46(61)34-44/h4-9,33-34,36,43,51-53,57-59,69-72,76-77H,2-3,10-32,35,37-41H2,1H3,(H,62,73)(H,63,74)(H,64,75)/t43?,51-,52-,53-,57+,58-,59-,60-/m1/s1. The van der Waals surface area contributed by atoms with E-state index in [1.807, 2.05) is 12.1 Å². The van der Waals surface area contributed by atoms with Gasteiger partial charge in [0.2, 0.25) is 17.7 Å². The molecule has 31 heteroatoms. The Balaban J connectivity index is 0.809. The number of methoxy groups -OCH3 is 1. The predicted molar refractivity (Wildman–Crippen MR) is 319 cm³/mol. The number of hydrogen-bond acceptors (Lipinski definition) is 26. The van der Waals surface area contributed by atoms with E-state index in [4.69, 9.17) is 71.3 Å². The van der Waals surface area contributed by atoms with Gasteiger partial charge in [0.05, 0.1) is 193 Å². The number of halogens is 1. The number of aromatic nitrogens is 4. The predicted octanol–water partition coefficient (Wildman–Crippen LogP) is -0.494. The molecule has 0 radical (unpaired) electrons. The number of phenolic OH excluding ortho intramolecular Hbond substituents is 1. The fourth-order valence-electron chi connectivity index (χ4n) is 9.08. The van der Waals surface area contributed by atoms with Crippen LogP contribution in [0.15, 0.2) is 54.7 Å². The third kappa shape index (κ3) is 27.4. The monoisotopic (exact) mass is 1300 g/mol. The smallest absolute Gasteiger partial charge is 0.222 e. The number of ether oxygens (including phenoxy) is 14. The van der Waals surface area contributed by atoms with Gasteiger partial charge < -0.3 is 113 Å². The highest BCUT2D eigenvalue weighted by Gasteiger charge is 2.46. The lowest BCUT2D eigenvalue weighted by Crippen LogP contribution is -2.60. The number of benzene rings is 2. The minimum atomic E-state index is -1.37. The van der Waals surface area contributed by atoms with Gasteiger partial charge in [-0.1, -0.05) is 11.3 Å². The highest BCUT2D eigenvalue weighted by Crippen LogP contribution is 2.28. The second kappa shape index (κ2) is 42.4. The fourth-order valence-corrected chi connectivity index (χ4v) is 9.08. The van der Waals surface area contributed by atoms with E-state index >= 15 is 0 Å². The number of aliphatic hydroxyl groups is 5. The molecule has 510 valence electrons. The van der Waals surface area contributed by atoms with Crippen molar-refractivity contribution >= 4 is 28.6 Å². The molecule has 4 aromatic rings. The van der Waals surface area contributed by atoms with E-state index in [0.29, 0.717) is 94.2 Å². The first-order valence-electron chi connectivity index (χ1n) is 30.5. The van der Waals surface area contributed by atoms with Crippen molar-refractivity contribution in [2.24, 2.45) is 0 Å². The van der Waals surface area contributed by atoms with Crippen LogP contribution in [-0.2, 0) is 76.0 Å². The van der Waals surface area contributed by atoms with E-state index in [0.717, 1.165) is 11.5 Å². The average Bonchev–Trinajstić information content (AvgIpc) is 2.00. The van der Waals surface area contributed by atoms with E-state index in [1.54, 1.807) is 24.4 Å². The van der Waals surface area contributed by atoms with Crippen LogP contribution in [0.4, 0.5) is 4.39 Å². The number of nitrogens with one attached hydrogen (secondary N) is 3. The minimum Gasteiger partial charge on any atom is -0.505 e. The maximum absolute atomic E-state index is 13.9. The molecular formula is C60H90FN7O23. The van der Waals surface area contributed by atoms with Gasteiger partial charge in [-0.05, 0) is 49.2 Å². The first-order valence-corrected chi connectivity index (χ1v) is 30.5. The zero-order valence-corrected chi connectivity index (χ0v) is 51.4. The van der Waals surface area contributed by atoms with Crippen LogP contribution in [0, 0.1) is 5.82 Å². The minimum absolute atomic E-state index is 0.0279. The van der Waals surface area contributed by atoms with Crippen molar-refractivity contribution in [3.8, 4) is 28.6 Å². The summed E-state index contributed by atoms with van der Waals surface area (Å²) in [5, 5.41) is 77.0. The molecule has 1 unspecified atom stereocenters. The Morgan fingerprint density at radius 3 is 1.92 bits per heavy atom. The van der Waals surface area contributed by atoms with Crippen LogP contribution in [0.1, 0.15) is 38.5 Å². The molecule has 4 heterocycles. The first kappa shape index (κ1) is 74.3. The van der Waals surface area contributed by atoms with Gasteiger partial charge in [-0.25, -0.2) is 14.1 Å². The number of phenols is 1. The molecule has 3 amide bonds. The second-order valence-corrected chi connectivity index (χ2v) is 21.1. The Morgan fingerprint density at radius 2 is 1.31 bits per heavy atom. The van der Waals surface area contributed by atoms with E-state index in [1.165, 1.54) is 23.9 Å². The van der Waals surface area contributed by atoms with Gasteiger partial charge >= 0.3 is 0 Å². The van der Waals surface area contributed by atoms with Crippen molar-refractivity contribution in [3.05, 3.63) is 60.5 Å². The number of aromatic hydroxyl groups is 1. The Labute approximate surface area is 527 Å². The lowest BCUT2D eigenvalue weighted by molar-refractivity contribution is -0.252. The summed E-state index contributed by atoms with van der Waals surface area (Å²) >= 11 is 0. The summed E-state index contributed by atoms with van der Waals surface area (Å²) < 4.78 is 93.2. The molecule has 2 aliphatic rings. The summed E-state index contributed by atoms with van der Waals surface area (Å²) in [5.74, 6) is -1.47. The van der Waals surface area contributed by atoms with E-state index in [-0.39, 0.29) is 149 Å². The number of carbonyl (C=O) groups is 3. The zero-order chi connectivity index (χ0) is 64.9. The number of carbonyl (C=O) groups excluding carboxylic acids is 3. The van der Waals surface area contributed by atoms with Gasteiger partial charge in [0.25, 0.3) is 0 Å². The molecule has 9 N–H and O–H groups in total. The van der Waals surface area contributed by atoms with Gasteiger partial charge in [-0.15, -0.1) is 5.10 Å². The Bertz CT molecular complexity index is 2710. The molecular weight excluding hydrogens is 1210 g/mol. The molecule has 0 saturated carbocycles. The Hall–Kier alpha value is -5.79. The highest BCUT2D eigenvalue weighted by atomic mass is 19.1. The van der Waals surface area contributed by atoms with Crippen molar-refractivity contribution in [2.75, 3.05) is 172 Å². The van der Waals surface area contributed by atoms with Gasteiger partial charge in [0, 0.05) is 57.3 Å². The third-order valence-corrected chi connectivity index (χ3v) is 14.1. The molecule has 0 bridgehead atoms. The van der Waals surface area contributed by atoms with Crippen LogP contribution < -0.4 is 20.7 Å². The number of hydrogen-bond donors (Lipinski definition) is 9. The lowest BCUT2D eigenvalue weighted by Gasteiger charge is -2.42. The first-order chi connectivity index (χ1) is 44.3. The summed E-state index contributed by atoms with van der Waals surface area (Å²) in [6, 6.07) is 12.3.